The topological polar surface area (TPSA) is 19.0 Å². The van der Waals surface area contributed by atoms with E-state index in [1.54, 1.807) is 0 Å². The number of fused-ring (bicyclic) bond motifs is 3. The van der Waals surface area contributed by atoms with E-state index in [0.29, 0.717) is 16.1 Å². The lowest BCUT2D eigenvalue weighted by molar-refractivity contribution is 0.268. The van der Waals surface area contributed by atoms with Gasteiger partial charge in [-0.05, 0) is 45.0 Å². The summed E-state index contributed by atoms with van der Waals surface area (Å²) in [6.07, 6.45) is 3.36. The number of benzene rings is 1. The van der Waals surface area contributed by atoms with Crippen LogP contribution in [0.15, 0.2) is 12.1 Å². The Labute approximate surface area is 117 Å². The predicted molar refractivity (Wildman–Crippen MR) is 77.8 cm³/mol. The number of rotatable bonds is 1. The summed E-state index contributed by atoms with van der Waals surface area (Å²) in [5.74, 6) is 0. The number of likely N-dealkylation sites (N-methyl/N-ethyl adjacent to an activating group) is 1. The van der Waals surface area contributed by atoms with E-state index in [-0.39, 0.29) is 0 Å². The Morgan fingerprint density at radius 1 is 1.28 bits per heavy atom. The molecule has 2 nitrogen and oxygen atoms in total. The van der Waals surface area contributed by atoms with Gasteiger partial charge in [-0.25, -0.2) is 0 Å². The van der Waals surface area contributed by atoms with E-state index in [0.717, 1.165) is 18.4 Å². The average Bonchev–Trinajstić information content (AvgIpc) is 2.72. The average molecular weight is 283 g/mol. The second-order valence-corrected chi connectivity index (χ2v) is 6.01. The van der Waals surface area contributed by atoms with Crippen LogP contribution < -0.4 is 0 Å². The molecule has 4 heteroatoms. The van der Waals surface area contributed by atoms with Crippen LogP contribution in [0, 0.1) is 0 Å². The molecule has 1 aromatic heterocycles. The van der Waals surface area contributed by atoms with E-state index in [1.807, 2.05) is 6.07 Å². The van der Waals surface area contributed by atoms with E-state index in [4.69, 9.17) is 23.2 Å². The van der Waals surface area contributed by atoms with Gasteiger partial charge in [-0.15, -0.1) is 0 Å². The summed E-state index contributed by atoms with van der Waals surface area (Å²) in [6, 6.07) is 4.59. The zero-order valence-corrected chi connectivity index (χ0v) is 12.1. The lowest BCUT2D eigenvalue weighted by Crippen LogP contribution is -2.33. The minimum Gasteiger partial charge on any atom is -0.357 e. The zero-order chi connectivity index (χ0) is 12.9. The highest BCUT2D eigenvalue weighted by atomic mass is 35.5. The van der Waals surface area contributed by atoms with E-state index in [2.05, 4.69) is 30.0 Å². The van der Waals surface area contributed by atoms with Gasteiger partial charge in [0.1, 0.15) is 0 Å². The van der Waals surface area contributed by atoms with E-state index in [9.17, 15) is 0 Å². The largest absolute Gasteiger partial charge is 0.357 e. The van der Waals surface area contributed by atoms with Gasteiger partial charge in [0.2, 0.25) is 0 Å². The van der Waals surface area contributed by atoms with Crippen molar-refractivity contribution in [3.05, 3.63) is 33.4 Å². The van der Waals surface area contributed by atoms with Gasteiger partial charge in [0.05, 0.1) is 15.6 Å². The van der Waals surface area contributed by atoms with Crippen LogP contribution in [-0.4, -0.2) is 30.0 Å². The van der Waals surface area contributed by atoms with Crippen LogP contribution in [-0.2, 0) is 12.8 Å². The van der Waals surface area contributed by atoms with Crippen molar-refractivity contribution >= 4 is 34.1 Å². The smallest absolute Gasteiger partial charge is 0.0833 e. The number of aromatic nitrogens is 1. The zero-order valence-electron chi connectivity index (χ0n) is 10.6. The van der Waals surface area contributed by atoms with Crippen LogP contribution in [0.4, 0.5) is 0 Å². The van der Waals surface area contributed by atoms with E-state index >= 15 is 0 Å². The number of hydrogen-bond acceptors (Lipinski definition) is 1. The highest BCUT2D eigenvalue weighted by molar-refractivity contribution is 6.45. The summed E-state index contributed by atoms with van der Waals surface area (Å²) in [5, 5.41) is 2.49. The van der Waals surface area contributed by atoms with E-state index < -0.39 is 0 Å². The molecule has 1 aromatic carbocycles. The number of nitrogens with one attached hydrogen (secondary N) is 1. The second kappa shape index (κ2) is 4.44. The summed E-state index contributed by atoms with van der Waals surface area (Å²) >= 11 is 12.3. The number of hydrogen-bond donors (Lipinski definition) is 1. The van der Waals surface area contributed by atoms with Gasteiger partial charge in [0.15, 0.2) is 0 Å². The van der Waals surface area contributed by atoms with Crippen LogP contribution in [0.3, 0.4) is 0 Å². The molecule has 1 aliphatic carbocycles. The van der Waals surface area contributed by atoms with Gasteiger partial charge in [-0.3, -0.25) is 0 Å². The van der Waals surface area contributed by atoms with Gasteiger partial charge < -0.3 is 9.88 Å². The fourth-order valence-electron chi connectivity index (χ4n) is 2.85. The van der Waals surface area contributed by atoms with Crippen LogP contribution in [0.1, 0.15) is 17.7 Å². The van der Waals surface area contributed by atoms with Crippen LogP contribution in [0.5, 0.6) is 0 Å². The van der Waals surface area contributed by atoms with Crippen molar-refractivity contribution in [1.82, 2.24) is 9.88 Å². The molecule has 2 aromatic rings. The fourth-order valence-corrected chi connectivity index (χ4v) is 3.22. The quantitative estimate of drug-likeness (QED) is 0.841. The summed E-state index contributed by atoms with van der Waals surface area (Å²) < 4.78 is 0. The maximum absolute atomic E-state index is 6.27. The lowest BCUT2D eigenvalue weighted by atomic mass is 9.91. The number of aromatic amines is 1. The normalized spacial score (nSPS) is 19.5. The molecule has 0 spiro atoms. The lowest BCUT2D eigenvalue weighted by Gasteiger charge is -2.28. The first-order valence-electron chi connectivity index (χ1n) is 6.21. The molecule has 1 atom stereocenters. The summed E-state index contributed by atoms with van der Waals surface area (Å²) in [5.41, 5.74) is 3.73. The summed E-state index contributed by atoms with van der Waals surface area (Å²) in [7, 11) is 4.29. The Hall–Kier alpha value is -0.700. The van der Waals surface area contributed by atoms with Gasteiger partial charge in [-0.2, -0.15) is 0 Å². The molecule has 0 saturated heterocycles. The van der Waals surface area contributed by atoms with Crippen molar-refractivity contribution in [2.75, 3.05) is 14.1 Å². The van der Waals surface area contributed by atoms with Crippen molar-refractivity contribution < 1.29 is 0 Å². The maximum atomic E-state index is 6.27. The van der Waals surface area contributed by atoms with Crippen molar-refractivity contribution in [2.24, 2.45) is 0 Å². The third-order valence-corrected chi connectivity index (χ3v) is 4.76. The van der Waals surface area contributed by atoms with Crippen molar-refractivity contribution in [2.45, 2.75) is 25.3 Å². The Kier molecular flexibility index (Phi) is 3.05. The van der Waals surface area contributed by atoms with E-state index in [1.165, 1.54) is 23.1 Å². The van der Waals surface area contributed by atoms with Gasteiger partial charge in [0.25, 0.3) is 0 Å². The number of H-pyrrole nitrogens is 1. The van der Waals surface area contributed by atoms with Crippen molar-refractivity contribution in [3.63, 3.8) is 0 Å². The molecule has 96 valence electrons. The molecular formula is C14H16Cl2N2. The van der Waals surface area contributed by atoms with Crippen molar-refractivity contribution in [1.29, 1.82) is 0 Å². The SMILES string of the molecule is CN(C)[C@H]1CCc2[nH]c3c(Cl)c(Cl)ccc3c2C1. The molecule has 1 N–H and O–H groups in total. The van der Waals surface area contributed by atoms with Crippen LogP contribution >= 0.6 is 23.2 Å². The molecule has 3 rings (SSSR count). The molecule has 0 saturated carbocycles. The molecular weight excluding hydrogens is 267 g/mol. The Bertz CT molecular complexity index is 601. The first-order chi connectivity index (χ1) is 8.58. The highest BCUT2D eigenvalue weighted by Crippen LogP contribution is 2.36. The fraction of sp³-hybridized carbons (Fsp3) is 0.429. The Morgan fingerprint density at radius 2 is 2.06 bits per heavy atom. The Morgan fingerprint density at radius 3 is 2.78 bits per heavy atom. The highest BCUT2D eigenvalue weighted by Gasteiger charge is 2.24. The predicted octanol–water partition coefficient (Wildman–Crippen LogP) is 3.89. The second-order valence-electron chi connectivity index (χ2n) is 5.23. The molecule has 0 radical (unpaired) electrons. The van der Waals surface area contributed by atoms with Gasteiger partial charge >= 0.3 is 0 Å². The van der Waals surface area contributed by atoms with Crippen LogP contribution in [0.2, 0.25) is 10.0 Å². The standard InChI is InChI=1S/C14H16Cl2N2/c1-18(2)8-3-6-12-10(7-8)9-4-5-11(15)13(16)14(9)17-12/h4-5,8,17H,3,6-7H2,1-2H3/t8-/m0/s1. The minimum absolute atomic E-state index is 0.617. The molecule has 0 aliphatic heterocycles. The summed E-state index contributed by atoms with van der Waals surface area (Å²) in [4.78, 5) is 5.75. The van der Waals surface area contributed by atoms with Gasteiger partial charge in [0, 0.05) is 17.1 Å². The maximum Gasteiger partial charge on any atom is 0.0833 e. The first kappa shape index (κ1) is 12.3. The monoisotopic (exact) mass is 282 g/mol. The number of aryl methyl sites for hydroxylation is 1. The summed E-state index contributed by atoms with van der Waals surface area (Å²) in [6.45, 7) is 0. The van der Waals surface area contributed by atoms with Gasteiger partial charge in [-0.1, -0.05) is 29.3 Å². The molecule has 0 amide bonds. The molecule has 0 bridgehead atoms. The third kappa shape index (κ3) is 1.83. The molecule has 0 fully saturated rings. The minimum atomic E-state index is 0.617. The molecule has 0 unspecified atom stereocenters. The Balaban J connectivity index is 2.14. The molecule has 1 aliphatic rings. The number of nitrogens with zero attached hydrogens (tertiary/aromatic N) is 1. The van der Waals surface area contributed by atoms with Crippen LogP contribution in [0.25, 0.3) is 10.9 Å². The first-order valence-corrected chi connectivity index (χ1v) is 6.97. The number of halogens is 2. The van der Waals surface area contributed by atoms with Crippen molar-refractivity contribution in [3.8, 4) is 0 Å². The molecule has 1 heterocycles. The third-order valence-electron chi connectivity index (χ3n) is 3.96. The molecule has 18 heavy (non-hydrogen) atoms.